The third-order valence-corrected chi connectivity index (χ3v) is 3.60. The first kappa shape index (κ1) is 12.0. The minimum Gasteiger partial charge on any atom is -0.465 e. The van der Waals surface area contributed by atoms with Gasteiger partial charge in [0.2, 0.25) is 0 Å². The van der Waals surface area contributed by atoms with Crippen molar-refractivity contribution in [3.63, 3.8) is 0 Å². The van der Waals surface area contributed by atoms with Crippen LogP contribution in [0.15, 0.2) is 30.3 Å². The van der Waals surface area contributed by atoms with Crippen molar-refractivity contribution >= 4 is 6.09 Å². The Labute approximate surface area is 102 Å². The van der Waals surface area contributed by atoms with Crippen LogP contribution >= 0.6 is 0 Å². The first-order valence-corrected chi connectivity index (χ1v) is 6.22. The minimum absolute atomic E-state index is 0.188. The average Bonchev–Trinajstić information content (AvgIpc) is 2.79. The summed E-state index contributed by atoms with van der Waals surface area (Å²) in [4.78, 5) is 12.7. The van der Waals surface area contributed by atoms with Crippen LogP contribution in [0.3, 0.4) is 0 Å². The number of hydrogen-bond acceptors (Lipinski definition) is 1. The smallest absolute Gasteiger partial charge is 0.407 e. The third-order valence-electron chi connectivity index (χ3n) is 3.60. The fourth-order valence-corrected chi connectivity index (χ4v) is 2.74. The van der Waals surface area contributed by atoms with Gasteiger partial charge in [-0.2, -0.15) is 0 Å². The molecular formula is C14H19NO2. The van der Waals surface area contributed by atoms with Gasteiger partial charge in [0.05, 0.1) is 0 Å². The van der Waals surface area contributed by atoms with Crippen molar-refractivity contribution in [2.24, 2.45) is 5.92 Å². The number of rotatable bonds is 3. The molecule has 1 amide bonds. The van der Waals surface area contributed by atoms with Gasteiger partial charge in [0, 0.05) is 12.6 Å². The Hall–Kier alpha value is -1.51. The zero-order valence-corrected chi connectivity index (χ0v) is 10.2. The normalized spacial score (nSPS) is 21.5. The number of hydrogen-bond donors (Lipinski definition) is 1. The van der Waals surface area contributed by atoms with E-state index in [0.717, 1.165) is 19.3 Å². The van der Waals surface area contributed by atoms with Gasteiger partial charge in [-0.05, 0) is 30.7 Å². The molecule has 2 rings (SSSR count). The van der Waals surface area contributed by atoms with E-state index in [9.17, 15) is 4.79 Å². The molecule has 3 nitrogen and oxygen atoms in total. The maximum Gasteiger partial charge on any atom is 0.407 e. The molecule has 2 atom stereocenters. The topological polar surface area (TPSA) is 40.5 Å². The third kappa shape index (κ3) is 2.78. The van der Waals surface area contributed by atoms with Crippen LogP contribution in [0.5, 0.6) is 0 Å². The maximum absolute atomic E-state index is 11.1. The van der Waals surface area contributed by atoms with Gasteiger partial charge in [0.15, 0.2) is 0 Å². The molecule has 1 fully saturated rings. The van der Waals surface area contributed by atoms with E-state index in [4.69, 9.17) is 5.11 Å². The molecule has 1 aromatic rings. The second-order valence-corrected chi connectivity index (χ2v) is 4.85. The molecule has 1 aliphatic heterocycles. The van der Waals surface area contributed by atoms with Gasteiger partial charge in [-0.1, -0.05) is 37.3 Å². The summed E-state index contributed by atoms with van der Waals surface area (Å²) in [5.74, 6) is 0.385. The molecule has 17 heavy (non-hydrogen) atoms. The summed E-state index contributed by atoms with van der Waals surface area (Å²) in [6, 6.07) is 10.5. The lowest BCUT2D eigenvalue weighted by atomic mass is 9.92. The van der Waals surface area contributed by atoms with E-state index in [-0.39, 0.29) is 6.04 Å². The zero-order valence-electron chi connectivity index (χ0n) is 10.2. The molecule has 1 aromatic carbocycles. The summed E-state index contributed by atoms with van der Waals surface area (Å²) in [5, 5.41) is 9.12. The average molecular weight is 233 g/mol. The van der Waals surface area contributed by atoms with Crippen LogP contribution in [0, 0.1) is 5.92 Å². The Morgan fingerprint density at radius 2 is 2.18 bits per heavy atom. The number of amides is 1. The van der Waals surface area contributed by atoms with Crippen LogP contribution in [0.1, 0.15) is 25.3 Å². The highest BCUT2D eigenvalue weighted by atomic mass is 16.4. The predicted molar refractivity (Wildman–Crippen MR) is 67.1 cm³/mol. The van der Waals surface area contributed by atoms with Crippen LogP contribution in [0.2, 0.25) is 0 Å². The first-order valence-electron chi connectivity index (χ1n) is 6.22. The highest BCUT2D eigenvalue weighted by Crippen LogP contribution is 2.26. The van der Waals surface area contributed by atoms with E-state index in [1.165, 1.54) is 5.56 Å². The minimum atomic E-state index is -0.771. The van der Waals surface area contributed by atoms with Gasteiger partial charge >= 0.3 is 6.09 Å². The number of carbonyl (C=O) groups is 1. The Morgan fingerprint density at radius 1 is 1.47 bits per heavy atom. The van der Waals surface area contributed by atoms with Gasteiger partial charge < -0.3 is 10.0 Å². The van der Waals surface area contributed by atoms with Crippen molar-refractivity contribution in [2.45, 2.75) is 32.2 Å². The molecule has 0 aliphatic carbocycles. The monoisotopic (exact) mass is 233 g/mol. The molecule has 1 N–H and O–H groups in total. The van der Waals surface area contributed by atoms with Crippen molar-refractivity contribution < 1.29 is 9.90 Å². The Morgan fingerprint density at radius 3 is 2.82 bits per heavy atom. The van der Waals surface area contributed by atoms with Crippen molar-refractivity contribution in [2.75, 3.05) is 6.54 Å². The summed E-state index contributed by atoms with van der Waals surface area (Å²) < 4.78 is 0. The summed E-state index contributed by atoms with van der Waals surface area (Å²) in [6.45, 7) is 2.85. The SMILES string of the molecule is CC(Cc1ccccc1)[C@H]1CCCN1C(=O)O. The molecule has 0 bridgehead atoms. The van der Waals surface area contributed by atoms with Crippen LogP contribution in [0.25, 0.3) is 0 Å². The maximum atomic E-state index is 11.1. The van der Waals surface area contributed by atoms with Crippen molar-refractivity contribution in [1.82, 2.24) is 4.90 Å². The van der Waals surface area contributed by atoms with E-state index >= 15 is 0 Å². The molecule has 0 saturated carbocycles. The standard InChI is InChI=1S/C14H19NO2/c1-11(10-12-6-3-2-4-7-12)13-8-5-9-15(13)14(16)17/h2-4,6-7,11,13H,5,8-10H2,1H3,(H,16,17)/t11?,13-/m1/s1. The van der Waals surface area contributed by atoms with E-state index in [1.54, 1.807) is 4.90 Å². The molecule has 0 aromatic heterocycles. The Balaban J connectivity index is 2.00. The number of benzene rings is 1. The highest BCUT2D eigenvalue weighted by molar-refractivity contribution is 5.65. The molecule has 1 saturated heterocycles. The van der Waals surface area contributed by atoms with E-state index in [1.807, 2.05) is 18.2 Å². The van der Waals surface area contributed by atoms with Gasteiger partial charge in [0.25, 0.3) is 0 Å². The quantitative estimate of drug-likeness (QED) is 0.871. The first-order chi connectivity index (χ1) is 8.18. The van der Waals surface area contributed by atoms with Gasteiger partial charge in [-0.3, -0.25) is 0 Å². The Bertz CT molecular complexity index is 377. The van der Waals surface area contributed by atoms with E-state index in [0.29, 0.717) is 12.5 Å². The molecule has 3 heteroatoms. The van der Waals surface area contributed by atoms with Crippen LogP contribution in [-0.4, -0.2) is 28.7 Å². The largest absolute Gasteiger partial charge is 0.465 e. The second-order valence-electron chi connectivity index (χ2n) is 4.85. The van der Waals surface area contributed by atoms with E-state index in [2.05, 4.69) is 19.1 Å². The molecule has 0 radical (unpaired) electrons. The van der Waals surface area contributed by atoms with Crippen LogP contribution in [0.4, 0.5) is 4.79 Å². The fraction of sp³-hybridized carbons (Fsp3) is 0.500. The van der Waals surface area contributed by atoms with Crippen LogP contribution < -0.4 is 0 Å². The molecule has 0 spiro atoms. The zero-order chi connectivity index (χ0) is 12.3. The van der Waals surface area contributed by atoms with Gasteiger partial charge in [-0.15, -0.1) is 0 Å². The summed E-state index contributed by atoms with van der Waals surface area (Å²) >= 11 is 0. The van der Waals surface area contributed by atoms with Crippen molar-refractivity contribution in [3.05, 3.63) is 35.9 Å². The second kappa shape index (κ2) is 5.21. The lowest BCUT2D eigenvalue weighted by Gasteiger charge is -2.27. The molecule has 1 heterocycles. The molecule has 1 unspecified atom stereocenters. The summed E-state index contributed by atoms with van der Waals surface area (Å²) in [7, 11) is 0. The lowest BCUT2D eigenvalue weighted by molar-refractivity contribution is 0.127. The summed E-state index contributed by atoms with van der Waals surface area (Å²) in [6.07, 6.45) is 2.18. The van der Waals surface area contributed by atoms with Crippen molar-refractivity contribution in [1.29, 1.82) is 0 Å². The number of likely N-dealkylation sites (tertiary alicyclic amines) is 1. The van der Waals surface area contributed by atoms with Gasteiger partial charge in [-0.25, -0.2) is 4.79 Å². The number of nitrogens with zero attached hydrogens (tertiary/aromatic N) is 1. The molecule has 1 aliphatic rings. The molecule has 92 valence electrons. The number of carboxylic acid groups (broad SMARTS) is 1. The lowest BCUT2D eigenvalue weighted by Crippen LogP contribution is -2.38. The predicted octanol–water partition coefficient (Wildman–Crippen LogP) is 3.01. The van der Waals surface area contributed by atoms with Crippen LogP contribution in [-0.2, 0) is 6.42 Å². The molecular weight excluding hydrogens is 214 g/mol. The fourth-order valence-electron chi connectivity index (χ4n) is 2.74. The summed E-state index contributed by atoms with van der Waals surface area (Å²) in [5.41, 5.74) is 1.29. The Kier molecular flexibility index (Phi) is 3.67. The van der Waals surface area contributed by atoms with E-state index < -0.39 is 6.09 Å². The van der Waals surface area contributed by atoms with Crippen molar-refractivity contribution in [3.8, 4) is 0 Å². The van der Waals surface area contributed by atoms with Gasteiger partial charge in [0.1, 0.15) is 0 Å². The highest BCUT2D eigenvalue weighted by Gasteiger charge is 2.32.